The second-order valence-corrected chi connectivity index (χ2v) is 3.41. The third-order valence-corrected chi connectivity index (χ3v) is 2.47. The fourth-order valence-corrected chi connectivity index (χ4v) is 1.80. The summed E-state index contributed by atoms with van der Waals surface area (Å²) in [7, 11) is 2.05. The molecule has 0 spiro atoms. The second kappa shape index (κ2) is 3.55. The van der Waals surface area contributed by atoms with Gasteiger partial charge in [0.05, 0.1) is 0 Å². The summed E-state index contributed by atoms with van der Waals surface area (Å²) in [4.78, 5) is 3.39. The van der Waals surface area contributed by atoms with Crippen LogP contribution in [0, 0.1) is 6.57 Å². The van der Waals surface area contributed by atoms with E-state index >= 15 is 0 Å². The van der Waals surface area contributed by atoms with Crippen LogP contribution in [0.15, 0.2) is 30.5 Å². The topological polar surface area (TPSA) is 9.29 Å². The Morgan fingerprint density at radius 2 is 2.14 bits per heavy atom. The van der Waals surface area contributed by atoms with Crippen LogP contribution in [0.3, 0.4) is 0 Å². The molecule has 1 aromatic carbocycles. The number of rotatable bonds is 2. The second-order valence-electron chi connectivity index (χ2n) is 3.41. The van der Waals surface area contributed by atoms with Crippen molar-refractivity contribution in [2.75, 3.05) is 6.54 Å². The van der Waals surface area contributed by atoms with E-state index in [0.29, 0.717) is 6.54 Å². The molecule has 14 heavy (non-hydrogen) atoms. The molecule has 2 nitrogen and oxygen atoms in total. The maximum Gasteiger partial charge on any atom is 0.218 e. The van der Waals surface area contributed by atoms with Crippen molar-refractivity contribution >= 4 is 10.9 Å². The third kappa shape index (κ3) is 1.38. The van der Waals surface area contributed by atoms with Crippen molar-refractivity contribution in [3.05, 3.63) is 47.4 Å². The lowest BCUT2D eigenvalue weighted by atomic mass is 10.1. The van der Waals surface area contributed by atoms with Gasteiger partial charge in [-0.25, -0.2) is 6.57 Å². The first kappa shape index (κ1) is 8.83. The molecule has 0 unspecified atom stereocenters. The van der Waals surface area contributed by atoms with E-state index in [-0.39, 0.29) is 0 Å². The lowest BCUT2D eigenvalue weighted by molar-refractivity contribution is 0.950. The van der Waals surface area contributed by atoms with Crippen molar-refractivity contribution in [1.29, 1.82) is 0 Å². The Labute approximate surface area is 83.6 Å². The number of para-hydroxylation sites is 1. The molecule has 2 aromatic rings. The molecule has 0 N–H and O–H groups in total. The van der Waals surface area contributed by atoms with Crippen LogP contribution in [0.2, 0.25) is 0 Å². The predicted octanol–water partition coefficient (Wildman–Crippen LogP) is 2.64. The summed E-state index contributed by atoms with van der Waals surface area (Å²) in [6, 6.07) is 8.32. The Balaban J connectivity index is 2.51. The highest BCUT2D eigenvalue weighted by atomic mass is 14.9. The lowest BCUT2D eigenvalue weighted by Gasteiger charge is -1.93. The number of nitrogens with zero attached hydrogens (tertiary/aromatic N) is 2. The van der Waals surface area contributed by atoms with Crippen molar-refractivity contribution in [3.63, 3.8) is 0 Å². The Hall–Kier alpha value is -1.75. The first-order valence-electron chi connectivity index (χ1n) is 4.69. The average Bonchev–Trinajstić information content (AvgIpc) is 2.54. The molecule has 2 rings (SSSR count). The van der Waals surface area contributed by atoms with Gasteiger partial charge in [0.15, 0.2) is 0 Å². The summed E-state index contributed by atoms with van der Waals surface area (Å²) >= 11 is 0. The first-order valence-corrected chi connectivity index (χ1v) is 4.69. The summed E-state index contributed by atoms with van der Waals surface area (Å²) in [5.41, 5.74) is 2.52. The molecule has 2 heteroatoms. The molecule has 0 saturated heterocycles. The van der Waals surface area contributed by atoms with E-state index in [2.05, 4.69) is 27.7 Å². The minimum Gasteiger partial charge on any atom is -0.350 e. The molecule has 0 aliphatic carbocycles. The van der Waals surface area contributed by atoms with Crippen LogP contribution in [0.25, 0.3) is 15.7 Å². The molecule has 0 atom stereocenters. The normalized spacial score (nSPS) is 10.3. The molecule has 0 bridgehead atoms. The van der Waals surface area contributed by atoms with Crippen molar-refractivity contribution < 1.29 is 0 Å². The van der Waals surface area contributed by atoms with Crippen molar-refractivity contribution in [1.82, 2.24) is 4.57 Å². The fourth-order valence-electron chi connectivity index (χ4n) is 1.80. The number of aromatic nitrogens is 1. The van der Waals surface area contributed by atoms with Crippen LogP contribution in [-0.2, 0) is 13.5 Å². The third-order valence-electron chi connectivity index (χ3n) is 2.47. The van der Waals surface area contributed by atoms with Gasteiger partial charge in [0.2, 0.25) is 6.54 Å². The number of fused-ring (bicyclic) bond motifs is 1. The number of hydrogen-bond donors (Lipinski definition) is 0. The van der Waals surface area contributed by atoms with Gasteiger partial charge >= 0.3 is 0 Å². The molecule has 1 heterocycles. The van der Waals surface area contributed by atoms with Gasteiger partial charge in [0.25, 0.3) is 0 Å². The monoisotopic (exact) mass is 184 g/mol. The van der Waals surface area contributed by atoms with Crippen molar-refractivity contribution in [2.45, 2.75) is 6.42 Å². The zero-order valence-corrected chi connectivity index (χ0v) is 8.20. The van der Waals surface area contributed by atoms with Gasteiger partial charge in [-0.3, -0.25) is 0 Å². The molecule has 70 valence electrons. The standard InChI is InChI=1S/C12H12N2/c1-13-8-7-10-9-14(2)12-6-4-3-5-11(10)12/h3-6,9H,7-8H2,2H3. The molecule has 0 aliphatic heterocycles. The zero-order chi connectivity index (χ0) is 9.97. The van der Waals surface area contributed by atoms with Gasteiger partial charge in [-0.05, 0) is 11.6 Å². The van der Waals surface area contributed by atoms with Crippen LogP contribution in [0.5, 0.6) is 0 Å². The number of benzene rings is 1. The smallest absolute Gasteiger partial charge is 0.218 e. The summed E-state index contributed by atoms with van der Waals surface area (Å²) in [6.07, 6.45) is 2.97. The first-order chi connectivity index (χ1) is 6.83. The maximum atomic E-state index is 6.79. The fraction of sp³-hybridized carbons (Fsp3) is 0.250. The van der Waals surface area contributed by atoms with E-state index in [0.717, 1.165) is 6.42 Å². The lowest BCUT2D eigenvalue weighted by Crippen LogP contribution is -1.85. The number of hydrogen-bond acceptors (Lipinski definition) is 0. The van der Waals surface area contributed by atoms with Crippen LogP contribution in [-0.4, -0.2) is 11.1 Å². The van der Waals surface area contributed by atoms with Crippen LogP contribution < -0.4 is 0 Å². The van der Waals surface area contributed by atoms with Crippen LogP contribution in [0.1, 0.15) is 5.56 Å². The molecule has 0 radical (unpaired) electrons. The van der Waals surface area contributed by atoms with Gasteiger partial charge in [-0.2, -0.15) is 0 Å². The van der Waals surface area contributed by atoms with E-state index in [9.17, 15) is 0 Å². The van der Waals surface area contributed by atoms with Gasteiger partial charge in [0, 0.05) is 30.6 Å². The molecule has 0 fully saturated rings. The summed E-state index contributed by atoms with van der Waals surface area (Å²) < 4.78 is 2.12. The summed E-state index contributed by atoms with van der Waals surface area (Å²) in [5, 5.41) is 1.28. The van der Waals surface area contributed by atoms with Gasteiger partial charge in [0.1, 0.15) is 0 Å². The Bertz CT molecular complexity index is 488. The highest BCUT2D eigenvalue weighted by Gasteiger charge is 2.05. The summed E-state index contributed by atoms with van der Waals surface area (Å²) in [5.74, 6) is 0. The predicted molar refractivity (Wildman–Crippen MR) is 58.1 cm³/mol. The zero-order valence-electron chi connectivity index (χ0n) is 8.20. The van der Waals surface area contributed by atoms with Crippen molar-refractivity contribution in [3.8, 4) is 0 Å². The van der Waals surface area contributed by atoms with E-state index < -0.39 is 0 Å². The van der Waals surface area contributed by atoms with E-state index in [1.54, 1.807) is 0 Å². The highest BCUT2D eigenvalue weighted by molar-refractivity contribution is 5.83. The Morgan fingerprint density at radius 3 is 2.93 bits per heavy atom. The van der Waals surface area contributed by atoms with E-state index in [1.165, 1.54) is 16.5 Å². The largest absolute Gasteiger partial charge is 0.350 e. The SMILES string of the molecule is [C-]#[N+]CCc1cn(C)c2ccccc12. The highest BCUT2D eigenvalue weighted by Crippen LogP contribution is 2.20. The minimum absolute atomic E-state index is 0.577. The van der Waals surface area contributed by atoms with Crippen LogP contribution in [0.4, 0.5) is 0 Å². The van der Waals surface area contributed by atoms with Gasteiger partial charge in [-0.1, -0.05) is 18.2 Å². The Kier molecular flexibility index (Phi) is 2.24. The van der Waals surface area contributed by atoms with Gasteiger partial charge in [-0.15, -0.1) is 0 Å². The number of aryl methyl sites for hydroxylation is 1. The van der Waals surface area contributed by atoms with E-state index in [1.807, 2.05) is 19.2 Å². The van der Waals surface area contributed by atoms with Gasteiger partial charge < -0.3 is 9.41 Å². The molecule has 0 amide bonds. The van der Waals surface area contributed by atoms with Crippen molar-refractivity contribution in [2.24, 2.45) is 7.05 Å². The summed E-state index contributed by atoms with van der Waals surface area (Å²) in [6.45, 7) is 7.36. The molecular weight excluding hydrogens is 172 g/mol. The maximum absolute atomic E-state index is 6.79. The minimum atomic E-state index is 0.577. The average molecular weight is 184 g/mol. The molecular formula is C12H12N2. The molecule has 0 aliphatic rings. The molecule has 0 saturated carbocycles. The quantitative estimate of drug-likeness (QED) is 0.635. The van der Waals surface area contributed by atoms with E-state index in [4.69, 9.17) is 6.57 Å². The molecule has 1 aromatic heterocycles. The Morgan fingerprint density at radius 1 is 1.36 bits per heavy atom. The van der Waals surface area contributed by atoms with Crippen LogP contribution >= 0.6 is 0 Å².